The summed E-state index contributed by atoms with van der Waals surface area (Å²) in [6.07, 6.45) is 7.05. The molecule has 5 rings (SSSR count). The minimum Gasteiger partial charge on any atom is -0.355 e. The Hall–Kier alpha value is -2.22. The third-order valence-electron chi connectivity index (χ3n) is 7.69. The van der Waals surface area contributed by atoms with Gasteiger partial charge in [0.05, 0.1) is 11.7 Å². The minimum atomic E-state index is -0.775. The minimum absolute atomic E-state index is 0.0275. The molecule has 174 valence electrons. The van der Waals surface area contributed by atoms with E-state index in [0.29, 0.717) is 19.3 Å². The van der Waals surface area contributed by atoms with Crippen LogP contribution in [0.3, 0.4) is 0 Å². The number of likely N-dealkylation sites (tertiary alicyclic amines) is 1. The monoisotopic (exact) mass is 442 g/mol. The molecule has 2 saturated heterocycles. The molecule has 3 fully saturated rings. The van der Waals surface area contributed by atoms with Crippen molar-refractivity contribution >= 4 is 17.4 Å². The molecule has 8 heteroatoms. The highest BCUT2D eigenvalue weighted by molar-refractivity contribution is 5.79. The Morgan fingerprint density at radius 1 is 1.19 bits per heavy atom. The van der Waals surface area contributed by atoms with Crippen molar-refractivity contribution in [2.24, 2.45) is 17.6 Å². The number of aromatic nitrogens is 3. The number of fused-ring (bicyclic) bond motifs is 1. The van der Waals surface area contributed by atoms with Gasteiger partial charge in [0.1, 0.15) is 12.0 Å². The quantitative estimate of drug-likeness (QED) is 0.788. The molecular formula is C24H35FN6O. The van der Waals surface area contributed by atoms with Crippen LogP contribution in [0.2, 0.25) is 0 Å². The van der Waals surface area contributed by atoms with Crippen LogP contribution in [0.25, 0.3) is 5.65 Å². The summed E-state index contributed by atoms with van der Waals surface area (Å²) in [6, 6.07) is 2.21. The highest BCUT2D eigenvalue weighted by Crippen LogP contribution is 2.37. The normalized spacial score (nSPS) is 31.4. The molecule has 1 aliphatic carbocycles. The van der Waals surface area contributed by atoms with Gasteiger partial charge in [-0.3, -0.25) is 4.79 Å². The Labute approximate surface area is 189 Å². The SMILES string of the molecule is Cc1cn2nc(C3CCCCN3C(=O)C3CCC(F)C(C)C3)cc2nc1N1CCC(N)C1. The van der Waals surface area contributed by atoms with Gasteiger partial charge < -0.3 is 15.5 Å². The second kappa shape index (κ2) is 8.61. The highest BCUT2D eigenvalue weighted by Gasteiger charge is 2.37. The molecule has 0 spiro atoms. The molecule has 2 aromatic rings. The number of aryl methyl sites for hydroxylation is 1. The second-order valence-electron chi connectivity index (χ2n) is 10.2. The Morgan fingerprint density at radius 3 is 2.78 bits per heavy atom. The Kier molecular flexibility index (Phi) is 5.82. The lowest BCUT2D eigenvalue weighted by Gasteiger charge is -2.39. The van der Waals surface area contributed by atoms with Crippen LogP contribution in [0.4, 0.5) is 10.2 Å². The van der Waals surface area contributed by atoms with Crippen molar-refractivity contribution in [1.29, 1.82) is 0 Å². The van der Waals surface area contributed by atoms with Gasteiger partial charge in [-0.15, -0.1) is 0 Å². The molecule has 0 radical (unpaired) electrons. The number of rotatable bonds is 3. The Morgan fingerprint density at radius 2 is 2.03 bits per heavy atom. The van der Waals surface area contributed by atoms with Crippen molar-refractivity contribution in [2.75, 3.05) is 24.5 Å². The number of nitrogens with zero attached hydrogens (tertiary/aromatic N) is 5. The van der Waals surface area contributed by atoms with Crippen LogP contribution in [0.1, 0.15) is 69.2 Å². The fourth-order valence-corrected chi connectivity index (χ4v) is 5.80. The highest BCUT2D eigenvalue weighted by atomic mass is 19.1. The standard InChI is InChI=1S/C24H35FN6O/c1-15-11-17(6-7-19(15)25)24(32)30-9-4-3-5-21(30)20-12-22-27-23(16(2)13-31(22)28-20)29-10-8-18(26)14-29/h12-13,15,17-19,21H,3-11,14,26H2,1-2H3. The van der Waals surface area contributed by atoms with E-state index >= 15 is 0 Å². The van der Waals surface area contributed by atoms with Gasteiger partial charge >= 0.3 is 0 Å². The summed E-state index contributed by atoms with van der Waals surface area (Å²) in [5.74, 6) is 1.05. The predicted molar refractivity (Wildman–Crippen MR) is 122 cm³/mol. The predicted octanol–water partition coefficient (Wildman–Crippen LogP) is 3.40. The smallest absolute Gasteiger partial charge is 0.226 e. The van der Waals surface area contributed by atoms with Crippen molar-refractivity contribution in [2.45, 2.75) is 77.0 Å². The van der Waals surface area contributed by atoms with Crippen molar-refractivity contribution < 1.29 is 9.18 Å². The lowest BCUT2D eigenvalue weighted by Crippen LogP contribution is -2.44. The van der Waals surface area contributed by atoms with E-state index in [0.717, 1.165) is 68.0 Å². The van der Waals surface area contributed by atoms with Crippen LogP contribution in [-0.4, -0.2) is 57.3 Å². The second-order valence-corrected chi connectivity index (χ2v) is 10.2. The van der Waals surface area contributed by atoms with E-state index in [1.807, 2.05) is 28.6 Å². The number of hydrogen-bond acceptors (Lipinski definition) is 5. The van der Waals surface area contributed by atoms with E-state index in [9.17, 15) is 9.18 Å². The first-order valence-corrected chi connectivity index (χ1v) is 12.2. The van der Waals surface area contributed by atoms with Crippen LogP contribution in [-0.2, 0) is 4.79 Å². The topological polar surface area (TPSA) is 79.8 Å². The van der Waals surface area contributed by atoms with E-state index in [2.05, 4.69) is 11.8 Å². The maximum atomic E-state index is 14.0. The summed E-state index contributed by atoms with van der Waals surface area (Å²) < 4.78 is 15.8. The first-order chi connectivity index (χ1) is 15.4. The molecule has 4 heterocycles. The van der Waals surface area contributed by atoms with Crippen LogP contribution >= 0.6 is 0 Å². The zero-order valence-electron chi connectivity index (χ0n) is 19.2. The lowest BCUT2D eigenvalue weighted by molar-refractivity contribution is -0.141. The van der Waals surface area contributed by atoms with Crippen molar-refractivity contribution in [3.05, 3.63) is 23.5 Å². The summed E-state index contributed by atoms with van der Waals surface area (Å²) in [5, 5.41) is 4.84. The Balaban J connectivity index is 1.40. The van der Waals surface area contributed by atoms with Gasteiger partial charge in [0.15, 0.2) is 5.65 Å². The Bertz CT molecular complexity index is 992. The number of anilines is 1. The van der Waals surface area contributed by atoms with E-state index in [1.54, 1.807) is 0 Å². The summed E-state index contributed by atoms with van der Waals surface area (Å²) >= 11 is 0. The molecule has 7 nitrogen and oxygen atoms in total. The molecule has 32 heavy (non-hydrogen) atoms. The van der Waals surface area contributed by atoms with Crippen molar-refractivity contribution in [1.82, 2.24) is 19.5 Å². The molecule has 2 aliphatic heterocycles. The number of alkyl halides is 1. The van der Waals surface area contributed by atoms with Gasteiger partial charge in [-0.25, -0.2) is 13.9 Å². The molecule has 2 N–H and O–H groups in total. The summed E-state index contributed by atoms with van der Waals surface area (Å²) in [4.78, 5) is 22.6. The number of amides is 1. The number of hydrogen-bond donors (Lipinski definition) is 1. The van der Waals surface area contributed by atoms with E-state index in [-0.39, 0.29) is 29.8 Å². The summed E-state index contributed by atoms with van der Waals surface area (Å²) in [6.45, 7) is 6.50. The van der Waals surface area contributed by atoms with Crippen LogP contribution in [0, 0.1) is 18.8 Å². The number of carbonyl (C=O) groups excluding carboxylic acids is 1. The lowest BCUT2D eigenvalue weighted by atomic mass is 9.80. The zero-order valence-corrected chi connectivity index (χ0v) is 19.2. The van der Waals surface area contributed by atoms with Gasteiger partial charge in [0.25, 0.3) is 0 Å². The summed E-state index contributed by atoms with van der Waals surface area (Å²) in [7, 11) is 0. The van der Waals surface area contributed by atoms with E-state index < -0.39 is 6.17 Å². The zero-order chi connectivity index (χ0) is 22.4. The molecule has 1 amide bonds. The first kappa shape index (κ1) is 21.6. The van der Waals surface area contributed by atoms with Gasteiger partial charge in [0.2, 0.25) is 5.91 Å². The van der Waals surface area contributed by atoms with E-state index in [4.69, 9.17) is 15.8 Å². The van der Waals surface area contributed by atoms with Crippen LogP contribution in [0.5, 0.6) is 0 Å². The van der Waals surface area contributed by atoms with Gasteiger partial charge in [0, 0.05) is 49.4 Å². The molecule has 0 bridgehead atoms. The molecule has 3 aliphatic rings. The molecule has 5 unspecified atom stereocenters. The first-order valence-electron chi connectivity index (χ1n) is 12.2. The maximum Gasteiger partial charge on any atom is 0.226 e. The van der Waals surface area contributed by atoms with Gasteiger partial charge in [-0.1, -0.05) is 6.92 Å². The molecule has 0 aromatic carbocycles. The van der Waals surface area contributed by atoms with Gasteiger partial charge in [-0.05, 0) is 57.8 Å². The van der Waals surface area contributed by atoms with Crippen molar-refractivity contribution in [3.63, 3.8) is 0 Å². The van der Waals surface area contributed by atoms with Gasteiger partial charge in [-0.2, -0.15) is 5.10 Å². The van der Waals surface area contributed by atoms with E-state index in [1.165, 1.54) is 0 Å². The third-order valence-corrected chi connectivity index (χ3v) is 7.69. The molecule has 5 atom stereocenters. The van der Waals surface area contributed by atoms with Crippen molar-refractivity contribution in [3.8, 4) is 0 Å². The molecular weight excluding hydrogens is 407 g/mol. The number of carbonyl (C=O) groups is 1. The third kappa shape index (κ3) is 3.98. The number of halogens is 1. The molecule has 2 aromatic heterocycles. The van der Waals surface area contributed by atoms with Crippen LogP contribution < -0.4 is 10.6 Å². The largest absolute Gasteiger partial charge is 0.355 e. The van der Waals surface area contributed by atoms with Crippen LogP contribution in [0.15, 0.2) is 12.3 Å². The fourth-order valence-electron chi connectivity index (χ4n) is 5.80. The number of piperidine rings is 1. The summed E-state index contributed by atoms with van der Waals surface area (Å²) in [5.41, 5.74) is 8.90. The average molecular weight is 443 g/mol. The fraction of sp³-hybridized carbons (Fsp3) is 0.708. The molecule has 1 saturated carbocycles. The number of nitrogens with two attached hydrogens (primary N) is 1. The maximum absolute atomic E-state index is 14.0. The average Bonchev–Trinajstić information content (AvgIpc) is 3.40.